The summed E-state index contributed by atoms with van der Waals surface area (Å²) in [6.07, 6.45) is 4.93. The summed E-state index contributed by atoms with van der Waals surface area (Å²) in [5, 5.41) is 7.40. The van der Waals surface area contributed by atoms with Gasteiger partial charge in [-0.05, 0) is 61.1 Å². The Bertz CT molecular complexity index is 587. The molecule has 0 aliphatic heterocycles. The van der Waals surface area contributed by atoms with Crippen molar-refractivity contribution in [1.82, 2.24) is 10.6 Å². The molecule has 140 valence electrons. The predicted molar refractivity (Wildman–Crippen MR) is 106 cm³/mol. The van der Waals surface area contributed by atoms with Gasteiger partial charge in [0, 0.05) is 25.2 Å². The van der Waals surface area contributed by atoms with Gasteiger partial charge in [0.25, 0.3) is 0 Å². The van der Waals surface area contributed by atoms with Crippen molar-refractivity contribution in [3.05, 3.63) is 59.7 Å². The van der Waals surface area contributed by atoms with E-state index in [9.17, 15) is 0 Å². The smallest absolute Gasteiger partial charge is 0.118 e. The lowest BCUT2D eigenvalue weighted by atomic mass is 9.91. The van der Waals surface area contributed by atoms with Crippen molar-refractivity contribution >= 4 is 0 Å². The molecule has 0 amide bonds. The lowest BCUT2D eigenvalue weighted by Crippen LogP contribution is -2.39. The molecule has 0 radical (unpaired) electrons. The van der Waals surface area contributed by atoms with Crippen LogP contribution in [0.2, 0.25) is 0 Å². The highest BCUT2D eigenvalue weighted by Gasteiger charge is 2.20. The molecule has 1 fully saturated rings. The van der Waals surface area contributed by atoms with E-state index in [1.807, 2.05) is 24.3 Å². The molecule has 2 aromatic carbocycles. The van der Waals surface area contributed by atoms with Gasteiger partial charge in [-0.3, -0.25) is 0 Å². The minimum atomic E-state index is 0.621. The molecule has 4 nitrogen and oxygen atoms in total. The summed E-state index contributed by atoms with van der Waals surface area (Å²) in [7, 11) is 3.41. The second-order valence-electron chi connectivity index (χ2n) is 7.01. The SMILES string of the molecule is COc1ccc(CNC2CCC(NCc3ccc(OC)cc3)CC2)cc1. The first-order chi connectivity index (χ1) is 12.8. The maximum Gasteiger partial charge on any atom is 0.118 e. The van der Waals surface area contributed by atoms with Crippen molar-refractivity contribution in [2.45, 2.75) is 50.9 Å². The van der Waals surface area contributed by atoms with Crippen molar-refractivity contribution in [2.75, 3.05) is 14.2 Å². The highest BCUT2D eigenvalue weighted by Crippen LogP contribution is 2.20. The molecule has 1 saturated carbocycles. The topological polar surface area (TPSA) is 42.5 Å². The van der Waals surface area contributed by atoms with Crippen LogP contribution in [-0.2, 0) is 13.1 Å². The molecule has 1 aliphatic rings. The maximum atomic E-state index is 5.21. The van der Waals surface area contributed by atoms with Gasteiger partial charge >= 0.3 is 0 Å². The fraction of sp³-hybridized carbons (Fsp3) is 0.455. The molecular weight excluding hydrogens is 324 g/mol. The molecule has 0 spiro atoms. The van der Waals surface area contributed by atoms with E-state index in [4.69, 9.17) is 9.47 Å². The quantitative estimate of drug-likeness (QED) is 0.755. The largest absolute Gasteiger partial charge is 0.497 e. The molecule has 0 saturated heterocycles. The number of rotatable bonds is 8. The van der Waals surface area contributed by atoms with Crippen LogP contribution in [0.3, 0.4) is 0 Å². The van der Waals surface area contributed by atoms with Crippen LogP contribution in [0.25, 0.3) is 0 Å². The van der Waals surface area contributed by atoms with E-state index in [-0.39, 0.29) is 0 Å². The predicted octanol–water partition coefficient (Wildman–Crippen LogP) is 3.89. The lowest BCUT2D eigenvalue weighted by molar-refractivity contribution is 0.305. The molecule has 2 aromatic rings. The molecule has 3 rings (SSSR count). The van der Waals surface area contributed by atoms with Crippen molar-refractivity contribution in [2.24, 2.45) is 0 Å². The molecule has 4 heteroatoms. The Balaban J connectivity index is 1.35. The highest BCUT2D eigenvalue weighted by atomic mass is 16.5. The van der Waals surface area contributed by atoms with Crippen LogP contribution in [0.4, 0.5) is 0 Å². The molecule has 0 unspecified atom stereocenters. The maximum absolute atomic E-state index is 5.21. The van der Waals surface area contributed by atoms with Crippen molar-refractivity contribution in [1.29, 1.82) is 0 Å². The van der Waals surface area contributed by atoms with Gasteiger partial charge in [-0.25, -0.2) is 0 Å². The Morgan fingerprint density at radius 3 is 1.31 bits per heavy atom. The van der Waals surface area contributed by atoms with Gasteiger partial charge < -0.3 is 20.1 Å². The van der Waals surface area contributed by atoms with E-state index in [0.717, 1.165) is 24.6 Å². The van der Waals surface area contributed by atoms with Crippen LogP contribution in [0.1, 0.15) is 36.8 Å². The first-order valence-electron chi connectivity index (χ1n) is 9.49. The summed E-state index contributed by atoms with van der Waals surface area (Å²) in [5.74, 6) is 1.83. The molecule has 26 heavy (non-hydrogen) atoms. The average Bonchev–Trinajstić information content (AvgIpc) is 2.72. The zero-order valence-corrected chi connectivity index (χ0v) is 15.8. The fourth-order valence-corrected chi connectivity index (χ4v) is 3.51. The van der Waals surface area contributed by atoms with Gasteiger partial charge in [0.2, 0.25) is 0 Å². The number of benzene rings is 2. The molecule has 0 atom stereocenters. The lowest BCUT2D eigenvalue weighted by Gasteiger charge is -2.30. The number of hydrogen-bond donors (Lipinski definition) is 2. The molecular formula is C22H30N2O2. The third kappa shape index (κ3) is 5.48. The molecule has 0 bridgehead atoms. The standard InChI is InChI=1S/C22H30N2O2/c1-25-21-11-3-17(4-12-21)15-23-19-7-9-20(10-8-19)24-16-18-5-13-22(26-2)14-6-18/h3-6,11-14,19-20,23-24H,7-10,15-16H2,1-2H3. The Morgan fingerprint density at radius 1 is 0.654 bits per heavy atom. The number of ether oxygens (including phenoxy) is 2. The molecule has 1 aliphatic carbocycles. The van der Waals surface area contributed by atoms with Crippen molar-refractivity contribution in [3.8, 4) is 11.5 Å². The summed E-state index contributed by atoms with van der Waals surface area (Å²) in [5.41, 5.74) is 2.62. The first kappa shape index (κ1) is 18.7. The van der Waals surface area contributed by atoms with E-state index in [2.05, 4.69) is 34.9 Å². The molecule has 0 aromatic heterocycles. The zero-order chi connectivity index (χ0) is 18.2. The van der Waals surface area contributed by atoms with E-state index >= 15 is 0 Å². The van der Waals surface area contributed by atoms with Gasteiger partial charge in [-0.1, -0.05) is 24.3 Å². The summed E-state index contributed by atoms with van der Waals surface area (Å²) in [4.78, 5) is 0. The number of methoxy groups -OCH3 is 2. The Kier molecular flexibility index (Phi) is 6.92. The van der Waals surface area contributed by atoms with Crippen molar-refractivity contribution in [3.63, 3.8) is 0 Å². The normalized spacial score (nSPS) is 19.9. The van der Waals surface area contributed by atoms with Gasteiger partial charge in [0.15, 0.2) is 0 Å². The summed E-state index contributed by atoms with van der Waals surface area (Å²) < 4.78 is 10.4. The summed E-state index contributed by atoms with van der Waals surface area (Å²) in [6.45, 7) is 1.86. The monoisotopic (exact) mass is 354 g/mol. The third-order valence-electron chi connectivity index (χ3n) is 5.24. The van der Waals surface area contributed by atoms with Crippen LogP contribution in [0, 0.1) is 0 Å². The molecule has 0 heterocycles. The van der Waals surface area contributed by atoms with Crippen LogP contribution in [0.15, 0.2) is 48.5 Å². The van der Waals surface area contributed by atoms with Gasteiger partial charge in [-0.2, -0.15) is 0 Å². The van der Waals surface area contributed by atoms with Crippen LogP contribution in [0.5, 0.6) is 11.5 Å². The van der Waals surface area contributed by atoms with Crippen molar-refractivity contribution < 1.29 is 9.47 Å². The highest BCUT2D eigenvalue weighted by molar-refractivity contribution is 5.27. The summed E-state index contributed by atoms with van der Waals surface area (Å²) in [6, 6.07) is 17.9. The summed E-state index contributed by atoms with van der Waals surface area (Å²) >= 11 is 0. The van der Waals surface area contributed by atoms with Crippen LogP contribution >= 0.6 is 0 Å². The zero-order valence-electron chi connectivity index (χ0n) is 15.8. The number of nitrogens with one attached hydrogen (secondary N) is 2. The van der Waals surface area contributed by atoms with Crippen LogP contribution < -0.4 is 20.1 Å². The van der Waals surface area contributed by atoms with Crippen LogP contribution in [-0.4, -0.2) is 26.3 Å². The third-order valence-corrected chi connectivity index (χ3v) is 5.24. The minimum Gasteiger partial charge on any atom is -0.497 e. The van der Waals surface area contributed by atoms with Gasteiger partial charge in [-0.15, -0.1) is 0 Å². The second kappa shape index (κ2) is 9.60. The first-order valence-corrected chi connectivity index (χ1v) is 9.49. The average molecular weight is 354 g/mol. The van der Waals surface area contributed by atoms with Gasteiger partial charge in [0.1, 0.15) is 11.5 Å². The second-order valence-corrected chi connectivity index (χ2v) is 7.01. The van der Waals surface area contributed by atoms with E-state index in [0.29, 0.717) is 12.1 Å². The number of hydrogen-bond acceptors (Lipinski definition) is 4. The Labute approximate surface area is 156 Å². The fourth-order valence-electron chi connectivity index (χ4n) is 3.51. The molecule has 2 N–H and O–H groups in total. The van der Waals surface area contributed by atoms with Gasteiger partial charge in [0.05, 0.1) is 14.2 Å². The van der Waals surface area contributed by atoms with E-state index in [1.54, 1.807) is 14.2 Å². The minimum absolute atomic E-state index is 0.621. The van der Waals surface area contributed by atoms with E-state index in [1.165, 1.54) is 36.8 Å². The Hall–Kier alpha value is -2.04. The Morgan fingerprint density at radius 2 is 1.00 bits per heavy atom. The van der Waals surface area contributed by atoms with E-state index < -0.39 is 0 Å².